The first-order chi connectivity index (χ1) is 13.5. The van der Waals surface area contributed by atoms with Gasteiger partial charge in [0.05, 0.1) is 19.6 Å². The lowest BCUT2D eigenvalue weighted by Gasteiger charge is -2.12. The van der Waals surface area contributed by atoms with Gasteiger partial charge in [0.2, 0.25) is 5.91 Å². The van der Waals surface area contributed by atoms with Crippen molar-refractivity contribution in [1.82, 2.24) is 15.2 Å². The van der Waals surface area contributed by atoms with Crippen LogP contribution in [0.25, 0.3) is 11.4 Å². The zero-order valence-electron chi connectivity index (χ0n) is 16.8. The van der Waals surface area contributed by atoms with Crippen LogP contribution in [-0.2, 0) is 11.3 Å². The van der Waals surface area contributed by atoms with Crippen molar-refractivity contribution in [1.29, 1.82) is 0 Å². The van der Waals surface area contributed by atoms with E-state index in [-0.39, 0.29) is 24.7 Å². The molecule has 7 nitrogen and oxygen atoms in total. The van der Waals surface area contributed by atoms with Crippen molar-refractivity contribution in [3.63, 3.8) is 0 Å². The molecule has 0 atom stereocenters. The average molecular weight is 416 g/mol. The third-order valence-corrected chi connectivity index (χ3v) is 4.50. The Labute approximate surface area is 176 Å². The number of halogens is 1. The first-order valence-electron chi connectivity index (χ1n) is 9.18. The first-order valence-corrected chi connectivity index (χ1v) is 9.18. The lowest BCUT2D eigenvalue weighted by atomic mass is 10.1. The Morgan fingerprint density at radius 2 is 1.90 bits per heavy atom. The normalized spacial score (nSPS) is 10.3. The van der Waals surface area contributed by atoms with Crippen LogP contribution in [0.2, 0.25) is 0 Å². The highest BCUT2D eigenvalue weighted by atomic mass is 35.5. The number of aryl methyl sites for hydroxylation is 2. The first kappa shape index (κ1) is 22.4. The summed E-state index contributed by atoms with van der Waals surface area (Å²) in [5.74, 6) is 1.94. The molecule has 1 aromatic heterocycles. The fraction of sp³-hybridized carbons (Fsp3) is 0.286. The number of carbonyl (C=O) groups is 1. The summed E-state index contributed by atoms with van der Waals surface area (Å²) in [6.07, 6.45) is 0.273. The molecule has 0 aliphatic heterocycles. The van der Waals surface area contributed by atoms with Crippen LogP contribution in [0.3, 0.4) is 0 Å². The van der Waals surface area contributed by atoms with Gasteiger partial charge < -0.3 is 15.8 Å². The van der Waals surface area contributed by atoms with Crippen LogP contribution < -0.4 is 15.8 Å². The van der Waals surface area contributed by atoms with Gasteiger partial charge in [-0.25, -0.2) is 4.98 Å². The number of nitrogens with two attached hydrogens (primary N) is 1. The zero-order valence-corrected chi connectivity index (χ0v) is 17.6. The maximum atomic E-state index is 12.2. The zero-order chi connectivity index (χ0) is 20.1. The molecule has 0 saturated carbocycles. The molecule has 0 bridgehead atoms. The number of anilines is 1. The molecule has 0 fully saturated rings. The SMILES string of the molecule is Cc1cc(C)c(C)c(OCCC(=O)Nc2ccc(-c3n[nH]c(CN)n3)cc2)c1.Cl. The molecule has 8 heteroatoms. The number of rotatable bonds is 7. The van der Waals surface area contributed by atoms with E-state index >= 15 is 0 Å². The number of ether oxygens (including phenoxy) is 1. The monoisotopic (exact) mass is 415 g/mol. The van der Waals surface area contributed by atoms with Gasteiger partial charge in [-0.2, -0.15) is 5.10 Å². The predicted octanol–water partition coefficient (Wildman–Crippen LogP) is 3.69. The number of carbonyl (C=O) groups excluding carboxylic acids is 1. The fourth-order valence-electron chi connectivity index (χ4n) is 2.85. The van der Waals surface area contributed by atoms with Crippen molar-refractivity contribution in [3.8, 4) is 17.1 Å². The summed E-state index contributed by atoms with van der Waals surface area (Å²) in [4.78, 5) is 16.5. The topological polar surface area (TPSA) is 106 Å². The van der Waals surface area contributed by atoms with Crippen LogP contribution in [-0.4, -0.2) is 27.7 Å². The Bertz CT molecular complexity index is 970. The van der Waals surface area contributed by atoms with E-state index < -0.39 is 0 Å². The van der Waals surface area contributed by atoms with E-state index in [2.05, 4.69) is 33.5 Å². The van der Waals surface area contributed by atoms with E-state index in [4.69, 9.17) is 10.5 Å². The van der Waals surface area contributed by atoms with Gasteiger partial charge in [-0.3, -0.25) is 9.89 Å². The molecule has 1 amide bonds. The van der Waals surface area contributed by atoms with Gasteiger partial charge in [0.15, 0.2) is 5.82 Å². The Kier molecular flexibility index (Phi) is 7.75. The van der Waals surface area contributed by atoms with Gasteiger partial charge in [-0.1, -0.05) is 6.07 Å². The van der Waals surface area contributed by atoms with Gasteiger partial charge in [-0.05, 0) is 67.8 Å². The third kappa shape index (κ3) is 5.79. The molecular weight excluding hydrogens is 390 g/mol. The van der Waals surface area contributed by atoms with Crippen LogP contribution in [0.4, 0.5) is 5.69 Å². The van der Waals surface area contributed by atoms with Gasteiger partial charge >= 0.3 is 0 Å². The number of nitrogens with one attached hydrogen (secondary N) is 2. The molecule has 0 saturated heterocycles. The molecule has 3 rings (SSSR count). The number of amides is 1. The highest BCUT2D eigenvalue weighted by molar-refractivity contribution is 5.91. The lowest BCUT2D eigenvalue weighted by Crippen LogP contribution is -2.15. The van der Waals surface area contributed by atoms with E-state index in [9.17, 15) is 4.79 Å². The predicted molar refractivity (Wildman–Crippen MR) is 116 cm³/mol. The van der Waals surface area contributed by atoms with Crippen LogP contribution in [0.1, 0.15) is 28.9 Å². The lowest BCUT2D eigenvalue weighted by molar-refractivity contribution is -0.116. The van der Waals surface area contributed by atoms with Gasteiger partial charge in [0, 0.05) is 11.3 Å². The molecule has 2 aromatic carbocycles. The maximum absolute atomic E-state index is 12.2. The summed E-state index contributed by atoms with van der Waals surface area (Å²) < 4.78 is 5.81. The van der Waals surface area contributed by atoms with E-state index in [1.54, 1.807) is 0 Å². The summed E-state index contributed by atoms with van der Waals surface area (Å²) in [7, 11) is 0. The van der Waals surface area contributed by atoms with Crippen LogP contribution in [0.5, 0.6) is 5.75 Å². The van der Waals surface area contributed by atoms with Crippen molar-refractivity contribution in [2.24, 2.45) is 5.73 Å². The summed E-state index contributed by atoms with van der Waals surface area (Å²) in [6.45, 7) is 6.75. The minimum Gasteiger partial charge on any atom is -0.493 e. The number of hydrogen-bond donors (Lipinski definition) is 3. The summed E-state index contributed by atoms with van der Waals surface area (Å²) >= 11 is 0. The van der Waals surface area contributed by atoms with Gasteiger partial charge in [0.1, 0.15) is 11.6 Å². The Morgan fingerprint density at radius 1 is 1.17 bits per heavy atom. The van der Waals surface area contributed by atoms with Gasteiger partial charge in [0.25, 0.3) is 0 Å². The van der Waals surface area contributed by atoms with Crippen molar-refractivity contribution in [2.75, 3.05) is 11.9 Å². The second-order valence-corrected chi connectivity index (χ2v) is 6.74. The second kappa shape index (κ2) is 10.0. The molecule has 1 heterocycles. The fourth-order valence-corrected chi connectivity index (χ4v) is 2.85. The quantitative estimate of drug-likeness (QED) is 0.545. The molecule has 0 aliphatic carbocycles. The molecule has 0 spiro atoms. The van der Waals surface area contributed by atoms with Crippen molar-refractivity contribution in [3.05, 3.63) is 58.9 Å². The number of benzene rings is 2. The molecule has 3 aromatic rings. The third-order valence-electron chi connectivity index (χ3n) is 4.50. The summed E-state index contributed by atoms with van der Waals surface area (Å²) in [5, 5.41) is 9.77. The number of aromatic amines is 1. The smallest absolute Gasteiger partial charge is 0.227 e. The maximum Gasteiger partial charge on any atom is 0.227 e. The molecule has 0 radical (unpaired) electrons. The molecule has 0 unspecified atom stereocenters. The van der Waals surface area contributed by atoms with Crippen LogP contribution in [0.15, 0.2) is 36.4 Å². The van der Waals surface area contributed by atoms with E-state index in [1.165, 1.54) is 5.56 Å². The molecule has 154 valence electrons. The minimum atomic E-state index is -0.0990. The van der Waals surface area contributed by atoms with Crippen molar-refractivity contribution in [2.45, 2.75) is 33.7 Å². The number of H-pyrrole nitrogens is 1. The molecule has 4 N–H and O–H groups in total. The van der Waals surface area contributed by atoms with Gasteiger partial charge in [-0.15, -0.1) is 12.4 Å². The number of aromatic nitrogens is 3. The standard InChI is InChI=1S/C21H25N5O2.ClH/c1-13-10-14(2)15(3)18(11-13)28-9-8-20(27)23-17-6-4-16(5-7-17)21-24-19(12-22)25-26-21;/h4-7,10-11H,8-9,12,22H2,1-3H3,(H,23,27)(H,24,25,26);1H. The Hall–Kier alpha value is -2.90. The Balaban J connectivity index is 0.00000300. The number of nitrogens with zero attached hydrogens (tertiary/aromatic N) is 2. The highest BCUT2D eigenvalue weighted by Crippen LogP contribution is 2.23. The average Bonchev–Trinajstić information content (AvgIpc) is 3.15. The van der Waals surface area contributed by atoms with E-state index in [0.717, 1.165) is 22.4 Å². The largest absolute Gasteiger partial charge is 0.493 e. The summed E-state index contributed by atoms with van der Waals surface area (Å²) in [5.41, 5.74) is 10.5. The van der Waals surface area contributed by atoms with Crippen LogP contribution in [0, 0.1) is 20.8 Å². The molecular formula is C21H26ClN5O2. The molecule has 29 heavy (non-hydrogen) atoms. The minimum absolute atomic E-state index is 0. The highest BCUT2D eigenvalue weighted by Gasteiger charge is 2.08. The van der Waals surface area contributed by atoms with E-state index in [0.29, 0.717) is 30.5 Å². The summed E-state index contributed by atoms with van der Waals surface area (Å²) in [6, 6.07) is 11.5. The number of hydrogen-bond acceptors (Lipinski definition) is 5. The van der Waals surface area contributed by atoms with E-state index in [1.807, 2.05) is 44.2 Å². The molecule has 0 aliphatic rings. The second-order valence-electron chi connectivity index (χ2n) is 6.74. The van der Waals surface area contributed by atoms with Crippen molar-refractivity contribution < 1.29 is 9.53 Å². The van der Waals surface area contributed by atoms with Crippen LogP contribution >= 0.6 is 12.4 Å². The Morgan fingerprint density at radius 3 is 2.55 bits per heavy atom. The van der Waals surface area contributed by atoms with Crippen molar-refractivity contribution >= 4 is 24.0 Å².